The van der Waals surface area contributed by atoms with Crippen molar-refractivity contribution >= 4 is 51.6 Å². The van der Waals surface area contributed by atoms with Gasteiger partial charge in [0.25, 0.3) is 0 Å². The summed E-state index contributed by atoms with van der Waals surface area (Å²) in [5, 5.41) is 17.3. The van der Waals surface area contributed by atoms with Gasteiger partial charge in [0.15, 0.2) is 16.0 Å². The molecule has 0 radical (unpaired) electrons. The monoisotopic (exact) mass is 545 g/mol. The van der Waals surface area contributed by atoms with Gasteiger partial charge in [0.2, 0.25) is 0 Å². The van der Waals surface area contributed by atoms with Crippen molar-refractivity contribution in [2.45, 2.75) is 31.8 Å². The van der Waals surface area contributed by atoms with Gasteiger partial charge in [-0.1, -0.05) is 0 Å². The van der Waals surface area contributed by atoms with Crippen LogP contribution in [0.2, 0.25) is 0 Å². The van der Waals surface area contributed by atoms with Crippen LogP contribution in [0.5, 0.6) is 0 Å². The van der Waals surface area contributed by atoms with Gasteiger partial charge in [-0.25, -0.2) is 19.6 Å². The number of aryl methyl sites for hydroxylation is 1. The number of aromatic nitrogens is 2. The SMILES string of the molecule is COC(=O)C1=C(CN2CCN3C(=O)N(c4nc(CCC(=O)O)cs4)C[C@@H]3C2)NC(c2nccs2)=N[C@H]1C. The number of hydrogen-bond donors (Lipinski definition) is 2. The average Bonchev–Trinajstić information content (AvgIpc) is 3.63. The molecular formula is C23H27N7O5S2. The molecule has 5 heterocycles. The predicted molar refractivity (Wildman–Crippen MR) is 138 cm³/mol. The summed E-state index contributed by atoms with van der Waals surface area (Å²) < 4.78 is 5.05. The number of anilines is 1. The van der Waals surface area contributed by atoms with Gasteiger partial charge in [-0.15, -0.1) is 22.7 Å². The van der Waals surface area contributed by atoms with Crippen molar-refractivity contribution in [3.63, 3.8) is 0 Å². The second kappa shape index (κ2) is 10.6. The molecule has 12 nitrogen and oxygen atoms in total. The molecule has 0 spiro atoms. The van der Waals surface area contributed by atoms with Gasteiger partial charge in [-0.05, 0) is 6.92 Å². The number of nitrogens with zero attached hydrogens (tertiary/aromatic N) is 6. The van der Waals surface area contributed by atoms with Crippen LogP contribution in [0, 0.1) is 0 Å². The number of fused-ring (bicyclic) bond motifs is 1. The van der Waals surface area contributed by atoms with E-state index in [1.165, 1.54) is 29.8 Å². The molecule has 0 bridgehead atoms. The zero-order valence-corrected chi connectivity index (χ0v) is 22.0. The van der Waals surface area contributed by atoms with Crippen molar-refractivity contribution in [1.82, 2.24) is 25.1 Å². The van der Waals surface area contributed by atoms with Crippen molar-refractivity contribution in [2.75, 3.05) is 44.7 Å². The Balaban J connectivity index is 1.28. The van der Waals surface area contributed by atoms with Crippen LogP contribution in [-0.2, 0) is 20.7 Å². The highest BCUT2D eigenvalue weighted by Gasteiger charge is 2.42. The minimum absolute atomic E-state index is 0.00582. The predicted octanol–water partition coefficient (Wildman–Crippen LogP) is 1.41. The molecule has 2 saturated heterocycles. The van der Waals surface area contributed by atoms with E-state index in [1.807, 2.05) is 22.6 Å². The molecule has 0 unspecified atom stereocenters. The summed E-state index contributed by atoms with van der Waals surface area (Å²) in [6, 6.07) is -0.489. The van der Waals surface area contributed by atoms with Crippen molar-refractivity contribution in [3.8, 4) is 0 Å². The summed E-state index contributed by atoms with van der Waals surface area (Å²) in [6.07, 6.45) is 2.06. The number of carbonyl (C=O) groups is 3. The van der Waals surface area contributed by atoms with Gasteiger partial charge in [0.1, 0.15) is 0 Å². The number of aliphatic carboxylic acids is 1. The zero-order chi connectivity index (χ0) is 26.1. The van der Waals surface area contributed by atoms with E-state index in [4.69, 9.17) is 9.84 Å². The third-order valence-corrected chi connectivity index (χ3v) is 8.25. The van der Waals surface area contributed by atoms with Gasteiger partial charge in [0, 0.05) is 55.3 Å². The fourth-order valence-electron chi connectivity index (χ4n) is 4.80. The minimum Gasteiger partial charge on any atom is -0.481 e. The number of thiazole rings is 2. The minimum atomic E-state index is -0.874. The van der Waals surface area contributed by atoms with Crippen LogP contribution in [-0.4, -0.2) is 101 Å². The van der Waals surface area contributed by atoms with Gasteiger partial charge in [0.05, 0.1) is 43.4 Å². The Morgan fingerprint density at radius 2 is 2.11 bits per heavy atom. The van der Waals surface area contributed by atoms with E-state index in [0.717, 1.165) is 10.7 Å². The molecule has 2 aromatic heterocycles. The maximum Gasteiger partial charge on any atom is 0.337 e. The number of urea groups is 1. The first-order chi connectivity index (χ1) is 17.8. The highest BCUT2D eigenvalue weighted by atomic mass is 32.1. The van der Waals surface area contributed by atoms with Crippen molar-refractivity contribution < 1.29 is 24.2 Å². The number of nitrogens with one attached hydrogen (secondary N) is 1. The first-order valence-corrected chi connectivity index (χ1v) is 13.6. The Labute approximate surface area is 221 Å². The number of carboxylic acids is 1. The fraction of sp³-hybridized carbons (Fsp3) is 0.478. The summed E-state index contributed by atoms with van der Waals surface area (Å²) >= 11 is 2.83. The third-order valence-electron chi connectivity index (χ3n) is 6.56. The molecule has 2 N–H and O–H groups in total. The smallest absolute Gasteiger partial charge is 0.337 e. The Morgan fingerprint density at radius 1 is 1.27 bits per heavy atom. The van der Waals surface area contributed by atoms with Gasteiger partial charge < -0.3 is 20.1 Å². The van der Waals surface area contributed by atoms with Gasteiger partial charge in [-0.2, -0.15) is 0 Å². The number of rotatable bonds is 8. The summed E-state index contributed by atoms with van der Waals surface area (Å²) in [4.78, 5) is 55.8. The molecule has 0 aliphatic carbocycles. The van der Waals surface area contributed by atoms with Crippen LogP contribution in [0.3, 0.4) is 0 Å². The van der Waals surface area contributed by atoms with Crippen LogP contribution < -0.4 is 10.2 Å². The van der Waals surface area contributed by atoms with E-state index in [1.54, 1.807) is 11.1 Å². The summed E-state index contributed by atoms with van der Waals surface area (Å²) in [6.45, 7) is 4.69. The second-order valence-electron chi connectivity index (χ2n) is 8.99. The molecule has 37 heavy (non-hydrogen) atoms. The lowest BCUT2D eigenvalue weighted by molar-refractivity contribution is -0.137. The molecule has 196 valence electrons. The number of hydrogen-bond acceptors (Lipinski definition) is 11. The van der Waals surface area contributed by atoms with E-state index < -0.39 is 11.9 Å². The number of piperazine rings is 1. The topological polar surface area (TPSA) is 141 Å². The van der Waals surface area contributed by atoms with Gasteiger partial charge in [-0.3, -0.25) is 19.6 Å². The molecule has 2 atom stereocenters. The highest BCUT2D eigenvalue weighted by Crippen LogP contribution is 2.30. The number of aliphatic imine (C=N–C) groups is 1. The maximum absolute atomic E-state index is 13.1. The van der Waals surface area contributed by atoms with E-state index in [2.05, 4.69) is 25.2 Å². The van der Waals surface area contributed by atoms with Crippen LogP contribution in [0.1, 0.15) is 24.0 Å². The lowest BCUT2D eigenvalue weighted by atomic mass is 10.0. The molecule has 2 amide bonds. The molecule has 2 aromatic rings. The number of amidine groups is 1. The lowest BCUT2D eigenvalue weighted by Gasteiger charge is -2.37. The number of amides is 2. The molecule has 14 heteroatoms. The van der Waals surface area contributed by atoms with Crippen LogP contribution in [0.4, 0.5) is 9.93 Å². The molecule has 5 rings (SSSR count). The van der Waals surface area contributed by atoms with Crippen molar-refractivity contribution in [3.05, 3.63) is 38.9 Å². The number of carbonyl (C=O) groups excluding carboxylic acids is 2. The normalized spacial score (nSPS) is 22.1. The summed E-state index contributed by atoms with van der Waals surface area (Å²) in [5.41, 5.74) is 1.90. The molecular weight excluding hydrogens is 518 g/mol. The standard InChI is InChI=1S/C23H27N7O5S2/c1-13-18(21(33)35-2)16(27-19(25-13)20-24-5-8-36-20)11-28-6-7-29-15(9-28)10-30(23(29)34)22-26-14(12-37-22)3-4-17(31)32/h5,8,12-13,15H,3-4,6-7,9-11H2,1-2H3,(H,25,27)(H,31,32)/t13-,15-/m0/s1. The maximum atomic E-state index is 13.1. The van der Waals surface area contributed by atoms with E-state index in [-0.39, 0.29) is 24.5 Å². The number of esters is 1. The number of carboxylic acid groups (broad SMARTS) is 1. The summed E-state index contributed by atoms with van der Waals surface area (Å²) in [7, 11) is 1.36. The Bertz CT molecular complexity index is 1260. The Hall–Kier alpha value is -3.36. The average molecular weight is 546 g/mol. The lowest BCUT2D eigenvalue weighted by Crippen LogP contribution is -2.53. The number of ether oxygens (including phenoxy) is 1. The van der Waals surface area contributed by atoms with E-state index >= 15 is 0 Å². The quantitative estimate of drug-likeness (QED) is 0.471. The first-order valence-electron chi connectivity index (χ1n) is 11.9. The van der Waals surface area contributed by atoms with Crippen LogP contribution >= 0.6 is 22.7 Å². The zero-order valence-electron chi connectivity index (χ0n) is 20.4. The molecule has 3 aliphatic heterocycles. The Morgan fingerprint density at radius 3 is 2.84 bits per heavy atom. The van der Waals surface area contributed by atoms with E-state index in [9.17, 15) is 14.4 Å². The third kappa shape index (κ3) is 5.22. The first kappa shape index (κ1) is 25.3. The summed E-state index contributed by atoms with van der Waals surface area (Å²) in [5.74, 6) is -0.657. The molecule has 0 aromatic carbocycles. The molecule has 3 aliphatic rings. The van der Waals surface area contributed by atoms with Crippen molar-refractivity contribution in [1.29, 1.82) is 0 Å². The number of methoxy groups -OCH3 is 1. The Kier molecular flexibility index (Phi) is 7.22. The van der Waals surface area contributed by atoms with Crippen molar-refractivity contribution in [2.24, 2.45) is 4.99 Å². The molecule has 0 saturated carbocycles. The van der Waals surface area contributed by atoms with Crippen LogP contribution in [0.15, 0.2) is 33.2 Å². The largest absolute Gasteiger partial charge is 0.481 e. The van der Waals surface area contributed by atoms with E-state index in [0.29, 0.717) is 61.4 Å². The highest BCUT2D eigenvalue weighted by molar-refractivity contribution is 7.14. The second-order valence-corrected chi connectivity index (χ2v) is 10.7. The van der Waals surface area contributed by atoms with Crippen LogP contribution in [0.25, 0.3) is 0 Å². The van der Waals surface area contributed by atoms with Gasteiger partial charge >= 0.3 is 18.0 Å². The molecule has 2 fully saturated rings. The fourth-order valence-corrected chi connectivity index (χ4v) is 6.25.